The maximum Gasteiger partial charge on any atom is 0.133 e. The largest absolute Gasteiger partial charge is 0.507 e. The Balaban J connectivity index is 1.87. The molecule has 1 aromatic carbocycles. The first-order chi connectivity index (χ1) is 12.6. The fourth-order valence-electron chi connectivity index (χ4n) is 3.11. The van der Waals surface area contributed by atoms with Crippen LogP contribution in [0.5, 0.6) is 11.5 Å². The first-order valence-electron chi connectivity index (χ1n) is 10.5. The Morgan fingerprint density at radius 3 is 1.65 bits per heavy atom. The van der Waals surface area contributed by atoms with E-state index in [-0.39, 0.29) is 0 Å². The highest BCUT2D eigenvalue weighted by molar-refractivity contribution is 14.1. The molecule has 0 radical (unpaired) electrons. The van der Waals surface area contributed by atoms with Gasteiger partial charge in [0.05, 0.1) is 13.7 Å². The molecule has 4 heteroatoms. The number of ether oxygens (including phenoxy) is 1. The molecule has 0 aliphatic rings. The maximum atomic E-state index is 9.66. The van der Waals surface area contributed by atoms with E-state index in [9.17, 15) is 5.11 Å². The van der Waals surface area contributed by atoms with Crippen LogP contribution in [0.4, 0.5) is 0 Å². The molecule has 0 fully saturated rings. The molecule has 1 rings (SSSR count). The first kappa shape index (κ1) is 24.3. The molecule has 0 unspecified atom stereocenters. The van der Waals surface area contributed by atoms with E-state index in [0.717, 1.165) is 25.9 Å². The number of hydrogen-bond acceptors (Lipinski definition) is 2. The van der Waals surface area contributed by atoms with Crippen LogP contribution in [-0.4, -0.2) is 11.7 Å². The van der Waals surface area contributed by atoms with Gasteiger partial charge in [0.25, 0.3) is 0 Å². The maximum absolute atomic E-state index is 9.66. The number of benzene rings is 1. The van der Waals surface area contributed by atoms with Crippen molar-refractivity contribution in [1.82, 2.24) is 0 Å². The average molecular weight is 586 g/mol. The topological polar surface area (TPSA) is 29.5 Å². The minimum Gasteiger partial charge on any atom is -0.507 e. The summed E-state index contributed by atoms with van der Waals surface area (Å²) in [5, 5.41) is 9.66. The van der Waals surface area contributed by atoms with Gasteiger partial charge < -0.3 is 9.84 Å². The van der Waals surface area contributed by atoms with Gasteiger partial charge in [0.2, 0.25) is 0 Å². The van der Waals surface area contributed by atoms with Crippen LogP contribution >= 0.6 is 45.2 Å². The van der Waals surface area contributed by atoms with Crippen molar-refractivity contribution in [3.05, 3.63) is 19.3 Å². The van der Waals surface area contributed by atoms with E-state index in [0.29, 0.717) is 5.75 Å². The Hall–Kier alpha value is 0.280. The van der Waals surface area contributed by atoms with Gasteiger partial charge in [-0.1, -0.05) is 90.4 Å². The van der Waals surface area contributed by atoms with Gasteiger partial charge >= 0.3 is 0 Å². The second kappa shape index (κ2) is 16.3. The van der Waals surface area contributed by atoms with E-state index in [1.807, 2.05) is 6.07 Å². The highest BCUT2D eigenvalue weighted by Crippen LogP contribution is 2.30. The van der Waals surface area contributed by atoms with Crippen molar-refractivity contribution in [2.45, 2.75) is 96.8 Å². The van der Waals surface area contributed by atoms with Crippen LogP contribution in [-0.2, 0) is 0 Å². The van der Waals surface area contributed by atoms with E-state index in [1.54, 1.807) is 6.07 Å². The zero-order valence-electron chi connectivity index (χ0n) is 16.4. The molecule has 1 N–H and O–H groups in total. The van der Waals surface area contributed by atoms with Crippen LogP contribution < -0.4 is 4.74 Å². The second-order valence-corrected chi connectivity index (χ2v) is 9.50. The molecule has 0 spiro atoms. The zero-order valence-corrected chi connectivity index (χ0v) is 20.7. The van der Waals surface area contributed by atoms with Gasteiger partial charge in [-0.3, -0.25) is 0 Å². The number of hydrogen-bond donors (Lipinski definition) is 1. The molecule has 150 valence electrons. The molecular formula is C22H36I2O2. The number of halogens is 2. The molecule has 0 saturated carbocycles. The van der Waals surface area contributed by atoms with Crippen molar-refractivity contribution in [1.29, 1.82) is 0 Å². The second-order valence-electron chi connectivity index (χ2n) is 7.18. The standard InChI is InChI=1S/C22H36I2O2/c1-2-3-4-5-6-7-8-9-10-11-12-13-14-15-16-26-22-18-19(23)21(25)17-20(22)24/h17-18,25H,2-16H2,1H3. The molecule has 0 atom stereocenters. The smallest absolute Gasteiger partial charge is 0.133 e. The Bertz CT molecular complexity index is 477. The van der Waals surface area contributed by atoms with Crippen molar-refractivity contribution in [2.75, 3.05) is 6.61 Å². The van der Waals surface area contributed by atoms with Gasteiger partial charge in [-0.15, -0.1) is 0 Å². The third kappa shape index (κ3) is 11.9. The van der Waals surface area contributed by atoms with Crippen molar-refractivity contribution in [2.24, 2.45) is 0 Å². The van der Waals surface area contributed by atoms with Crippen molar-refractivity contribution in [3.8, 4) is 11.5 Å². The predicted octanol–water partition coefficient (Wildman–Crippen LogP) is 8.46. The predicted molar refractivity (Wildman–Crippen MR) is 129 cm³/mol. The molecule has 0 heterocycles. The third-order valence-electron chi connectivity index (χ3n) is 4.76. The first-order valence-corrected chi connectivity index (χ1v) is 12.6. The summed E-state index contributed by atoms with van der Waals surface area (Å²) >= 11 is 4.35. The summed E-state index contributed by atoms with van der Waals surface area (Å²) < 4.78 is 7.68. The Labute approximate surface area is 188 Å². The monoisotopic (exact) mass is 586 g/mol. The van der Waals surface area contributed by atoms with Gasteiger partial charge in [0, 0.05) is 0 Å². The van der Waals surface area contributed by atoms with Crippen LogP contribution in [0.1, 0.15) is 96.8 Å². The lowest BCUT2D eigenvalue weighted by atomic mass is 10.0. The van der Waals surface area contributed by atoms with E-state index in [2.05, 4.69) is 52.1 Å². The lowest BCUT2D eigenvalue weighted by molar-refractivity contribution is 0.301. The number of aromatic hydroxyl groups is 1. The van der Waals surface area contributed by atoms with Crippen molar-refractivity contribution in [3.63, 3.8) is 0 Å². The van der Waals surface area contributed by atoms with Gasteiger partial charge in [-0.2, -0.15) is 0 Å². The molecule has 0 aliphatic heterocycles. The summed E-state index contributed by atoms with van der Waals surface area (Å²) in [5.74, 6) is 1.22. The number of phenolic OH excluding ortho intramolecular Hbond substituents is 1. The lowest BCUT2D eigenvalue weighted by Gasteiger charge is -2.09. The van der Waals surface area contributed by atoms with E-state index < -0.39 is 0 Å². The van der Waals surface area contributed by atoms with Gasteiger partial charge in [0.1, 0.15) is 11.5 Å². The fraction of sp³-hybridized carbons (Fsp3) is 0.727. The summed E-state index contributed by atoms with van der Waals surface area (Å²) in [6, 6.07) is 3.68. The normalized spacial score (nSPS) is 11.0. The number of phenols is 1. The van der Waals surface area contributed by atoms with Crippen molar-refractivity contribution >= 4 is 45.2 Å². The van der Waals surface area contributed by atoms with Gasteiger partial charge in [0.15, 0.2) is 0 Å². The van der Waals surface area contributed by atoms with E-state index in [4.69, 9.17) is 4.74 Å². The summed E-state index contributed by atoms with van der Waals surface area (Å²) in [6.07, 6.45) is 19.3. The Morgan fingerprint density at radius 2 is 1.15 bits per heavy atom. The molecule has 0 amide bonds. The SMILES string of the molecule is CCCCCCCCCCCCCCCCOc1cc(I)c(O)cc1I. The van der Waals surface area contributed by atoms with Crippen LogP contribution in [0, 0.1) is 7.14 Å². The summed E-state index contributed by atoms with van der Waals surface area (Å²) in [7, 11) is 0. The number of unbranched alkanes of at least 4 members (excludes halogenated alkanes) is 13. The summed E-state index contributed by atoms with van der Waals surface area (Å²) in [6.45, 7) is 3.05. The van der Waals surface area contributed by atoms with E-state index >= 15 is 0 Å². The lowest BCUT2D eigenvalue weighted by Crippen LogP contribution is -1.99. The molecular weight excluding hydrogens is 550 g/mol. The molecule has 26 heavy (non-hydrogen) atoms. The molecule has 0 bridgehead atoms. The molecule has 0 aromatic heterocycles. The number of rotatable bonds is 16. The minimum absolute atomic E-state index is 0.332. The highest BCUT2D eigenvalue weighted by atomic mass is 127. The highest BCUT2D eigenvalue weighted by Gasteiger charge is 2.06. The summed E-state index contributed by atoms with van der Waals surface area (Å²) in [5.41, 5.74) is 0. The van der Waals surface area contributed by atoms with Crippen LogP contribution in [0.15, 0.2) is 12.1 Å². The third-order valence-corrected chi connectivity index (χ3v) is 6.46. The Morgan fingerprint density at radius 1 is 0.692 bits per heavy atom. The molecule has 1 aromatic rings. The van der Waals surface area contributed by atoms with Gasteiger partial charge in [-0.25, -0.2) is 0 Å². The van der Waals surface area contributed by atoms with E-state index in [1.165, 1.54) is 83.5 Å². The zero-order chi connectivity index (χ0) is 19.0. The quantitative estimate of drug-likeness (QED) is 0.156. The van der Waals surface area contributed by atoms with Crippen molar-refractivity contribution < 1.29 is 9.84 Å². The average Bonchev–Trinajstić information content (AvgIpc) is 2.62. The van der Waals surface area contributed by atoms with Crippen LogP contribution in [0.25, 0.3) is 0 Å². The summed E-state index contributed by atoms with van der Waals surface area (Å²) in [4.78, 5) is 0. The van der Waals surface area contributed by atoms with Gasteiger partial charge in [-0.05, 0) is 63.7 Å². The molecule has 2 nitrogen and oxygen atoms in total. The fourth-order valence-corrected chi connectivity index (χ4v) is 4.15. The molecule has 0 saturated heterocycles. The molecule has 0 aliphatic carbocycles. The van der Waals surface area contributed by atoms with Crippen LogP contribution in [0.2, 0.25) is 0 Å². The Kier molecular flexibility index (Phi) is 15.2. The minimum atomic E-state index is 0.332. The van der Waals surface area contributed by atoms with Crippen LogP contribution in [0.3, 0.4) is 0 Å².